The highest BCUT2D eigenvalue weighted by Crippen LogP contribution is 2.35. The molecule has 0 saturated heterocycles. The summed E-state index contributed by atoms with van der Waals surface area (Å²) in [5.74, 6) is -0.195. The molecule has 6 heteroatoms. The number of hydrogen-bond acceptors (Lipinski definition) is 2. The Labute approximate surface area is 138 Å². The third-order valence-corrected chi connectivity index (χ3v) is 4.29. The fourth-order valence-electron chi connectivity index (χ4n) is 2.67. The number of anilines is 1. The number of carbonyl (C=O) groups excluding carboxylic acids is 1. The number of benzene rings is 2. The molecule has 0 aromatic heterocycles. The zero-order valence-corrected chi connectivity index (χ0v) is 13.1. The molecule has 22 heavy (non-hydrogen) atoms. The van der Waals surface area contributed by atoms with E-state index in [0.717, 1.165) is 18.4 Å². The smallest absolute Gasteiger partial charge is 0.319 e. The molecule has 0 bridgehead atoms. The molecule has 0 radical (unpaired) electrons. The van der Waals surface area contributed by atoms with Gasteiger partial charge in [-0.2, -0.15) is 0 Å². The van der Waals surface area contributed by atoms with Crippen molar-refractivity contribution in [3.05, 3.63) is 57.6 Å². The molecule has 4 nitrogen and oxygen atoms in total. The molecule has 0 fully saturated rings. The van der Waals surface area contributed by atoms with Crippen LogP contribution in [0, 0.1) is 0 Å². The van der Waals surface area contributed by atoms with Crippen LogP contribution in [0.1, 0.15) is 23.6 Å². The number of nitrogens with one attached hydrogen (secondary N) is 2. The lowest BCUT2D eigenvalue weighted by Gasteiger charge is -2.15. The van der Waals surface area contributed by atoms with Crippen molar-refractivity contribution in [2.75, 3.05) is 5.32 Å². The van der Waals surface area contributed by atoms with Gasteiger partial charge in [-0.3, -0.25) is 0 Å². The molecule has 0 spiro atoms. The lowest BCUT2D eigenvalue weighted by molar-refractivity contribution is 0.248. The van der Waals surface area contributed by atoms with Crippen LogP contribution >= 0.6 is 23.2 Å². The molecule has 3 rings (SSSR count). The molecular weight excluding hydrogens is 323 g/mol. The Morgan fingerprint density at radius 1 is 1.18 bits per heavy atom. The second-order valence-electron chi connectivity index (χ2n) is 5.18. The summed E-state index contributed by atoms with van der Waals surface area (Å²) in [6.45, 7) is 0. The minimum atomic E-state index is -0.334. The number of aromatic hydroxyl groups is 1. The first kappa shape index (κ1) is 15.0. The number of hydrogen-bond donors (Lipinski definition) is 3. The molecule has 1 atom stereocenters. The first-order valence-corrected chi connectivity index (χ1v) is 7.63. The highest BCUT2D eigenvalue weighted by atomic mass is 35.5. The molecule has 1 aliphatic carbocycles. The first-order valence-electron chi connectivity index (χ1n) is 6.88. The summed E-state index contributed by atoms with van der Waals surface area (Å²) in [4.78, 5) is 12.1. The summed E-state index contributed by atoms with van der Waals surface area (Å²) >= 11 is 11.7. The maximum atomic E-state index is 12.1. The third-order valence-electron chi connectivity index (χ3n) is 3.71. The predicted octanol–water partition coefficient (Wildman–Crippen LogP) is 4.51. The SMILES string of the molecule is O=C(Nc1cc(Cl)c(O)c(Cl)c1)NC1CCc2ccccc21. The van der Waals surface area contributed by atoms with Gasteiger partial charge in [0.15, 0.2) is 5.75 Å². The molecule has 1 unspecified atom stereocenters. The summed E-state index contributed by atoms with van der Waals surface area (Å²) in [7, 11) is 0. The Balaban J connectivity index is 1.69. The second-order valence-corrected chi connectivity index (χ2v) is 5.99. The van der Waals surface area contributed by atoms with Crippen LogP contribution in [0.15, 0.2) is 36.4 Å². The number of fused-ring (bicyclic) bond motifs is 1. The minimum absolute atomic E-state index is 0.000686. The predicted molar refractivity (Wildman–Crippen MR) is 87.8 cm³/mol. The van der Waals surface area contributed by atoms with Gasteiger partial charge in [-0.05, 0) is 36.1 Å². The van der Waals surface area contributed by atoms with Gasteiger partial charge in [0, 0.05) is 5.69 Å². The summed E-state index contributed by atoms with van der Waals surface area (Å²) in [5, 5.41) is 15.3. The van der Waals surface area contributed by atoms with Crippen molar-refractivity contribution >= 4 is 34.9 Å². The quantitative estimate of drug-likeness (QED) is 0.706. The highest BCUT2D eigenvalue weighted by molar-refractivity contribution is 6.37. The van der Waals surface area contributed by atoms with E-state index < -0.39 is 0 Å². The van der Waals surface area contributed by atoms with E-state index >= 15 is 0 Å². The van der Waals surface area contributed by atoms with Crippen LogP contribution in [-0.4, -0.2) is 11.1 Å². The molecule has 0 saturated carbocycles. The van der Waals surface area contributed by atoms with Crippen molar-refractivity contribution in [3.63, 3.8) is 0 Å². The normalized spacial score (nSPS) is 16.2. The Kier molecular flexibility index (Phi) is 4.14. The first-order chi connectivity index (χ1) is 10.5. The van der Waals surface area contributed by atoms with Gasteiger partial charge in [-0.1, -0.05) is 47.5 Å². The average molecular weight is 337 g/mol. The van der Waals surface area contributed by atoms with E-state index in [0.29, 0.717) is 5.69 Å². The van der Waals surface area contributed by atoms with Gasteiger partial charge in [-0.25, -0.2) is 4.79 Å². The molecule has 2 amide bonds. The standard InChI is InChI=1S/C16H14Cl2N2O2/c17-12-7-10(8-13(18)15(12)21)19-16(22)20-14-6-5-9-3-1-2-4-11(9)14/h1-4,7-8,14,21H,5-6H2,(H2,19,20,22). The van der Waals surface area contributed by atoms with Crippen molar-refractivity contribution in [1.29, 1.82) is 0 Å². The molecular formula is C16H14Cl2N2O2. The van der Waals surface area contributed by atoms with Crippen LogP contribution in [0.25, 0.3) is 0 Å². The zero-order valence-electron chi connectivity index (χ0n) is 11.6. The molecule has 0 heterocycles. The highest BCUT2D eigenvalue weighted by Gasteiger charge is 2.23. The van der Waals surface area contributed by atoms with E-state index in [1.165, 1.54) is 17.7 Å². The van der Waals surface area contributed by atoms with Gasteiger partial charge in [0.25, 0.3) is 0 Å². The van der Waals surface area contributed by atoms with Crippen LogP contribution in [-0.2, 0) is 6.42 Å². The van der Waals surface area contributed by atoms with Crippen molar-refractivity contribution in [1.82, 2.24) is 5.32 Å². The third kappa shape index (κ3) is 2.98. The van der Waals surface area contributed by atoms with E-state index in [1.54, 1.807) is 0 Å². The number of phenols is 1. The lowest BCUT2D eigenvalue weighted by Crippen LogP contribution is -2.31. The van der Waals surface area contributed by atoms with E-state index in [9.17, 15) is 9.90 Å². The monoisotopic (exact) mass is 336 g/mol. The summed E-state index contributed by atoms with van der Waals surface area (Å²) in [6, 6.07) is 10.6. The maximum Gasteiger partial charge on any atom is 0.319 e. The fraction of sp³-hybridized carbons (Fsp3) is 0.188. The van der Waals surface area contributed by atoms with Crippen LogP contribution in [0.3, 0.4) is 0 Å². The zero-order chi connectivity index (χ0) is 15.7. The van der Waals surface area contributed by atoms with E-state index in [1.807, 2.05) is 18.2 Å². The van der Waals surface area contributed by atoms with Gasteiger partial charge < -0.3 is 15.7 Å². The topological polar surface area (TPSA) is 61.4 Å². The van der Waals surface area contributed by atoms with Crippen molar-refractivity contribution < 1.29 is 9.90 Å². The Hall–Kier alpha value is -1.91. The maximum absolute atomic E-state index is 12.1. The number of halogens is 2. The Bertz CT molecular complexity index is 711. The van der Waals surface area contributed by atoms with Crippen LogP contribution in [0.4, 0.5) is 10.5 Å². The Morgan fingerprint density at radius 3 is 2.59 bits per heavy atom. The number of rotatable bonds is 2. The average Bonchev–Trinajstić information content (AvgIpc) is 2.88. The molecule has 114 valence electrons. The number of aryl methyl sites for hydroxylation is 1. The minimum Gasteiger partial charge on any atom is -0.505 e. The van der Waals surface area contributed by atoms with Crippen LogP contribution < -0.4 is 10.6 Å². The van der Waals surface area contributed by atoms with Gasteiger partial charge in [0.2, 0.25) is 0 Å². The van der Waals surface area contributed by atoms with Gasteiger partial charge >= 0.3 is 6.03 Å². The summed E-state index contributed by atoms with van der Waals surface area (Å²) in [6.07, 6.45) is 1.84. The number of carbonyl (C=O) groups is 1. The largest absolute Gasteiger partial charge is 0.505 e. The number of amides is 2. The number of phenolic OH excluding ortho intramolecular Hbond substituents is 1. The van der Waals surface area contributed by atoms with Crippen molar-refractivity contribution in [2.45, 2.75) is 18.9 Å². The van der Waals surface area contributed by atoms with Crippen molar-refractivity contribution in [3.8, 4) is 5.75 Å². The molecule has 2 aromatic carbocycles. The van der Waals surface area contributed by atoms with Gasteiger partial charge in [-0.15, -0.1) is 0 Å². The van der Waals surface area contributed by atoms with Gasteiger partial charge in [0.05, 0.1) is 16.1 Å². The molecule has 3 N–H and O–H groups in total. The molecule has 0 aliphatic heterocycles. The second kappa shape index (κ2) is 6.07. The lowest BCUT2D eigenvalue weighted by atomic mass is 10.1. The summed E-state index contributed by atoms with van der Waals surface area (Å²) < 4.78 is 0. The number of urea groups is 1. The van der Waals surface area contributed by atoms with Crippen LogP contribution in [0.2, 0.25) is 10.0 Å². The molecule has 2 aromatic rings. The van der Waals surface area contributed by atoms with E-state index in [4.69, 9.17) is 23.2 Å². The van der Waals surface area contributed by atoms with Crippen molar-refractivity contribution in [2.24, 2.45) is 0 Å². The van der Waals surface area contributed by atoms with E-state index in [-0.39, 0.29) is 27.9 Å². The fourth-order valence-corrected chi connectivity index (χ4v) is 3.16. The van der Waals surface area contributed by atoms with Crippen LogP contribution in [0.5, 0.6) is 5.75 Å². The Morgan fingerprint density at radius 2 is 1.86 bits per heavy atom. The summed E-state index contributed by atoms with van der Waals surface area (Å²) in [5.41, 5.74) is 2.85. The van der Waals surface area contributed by atoms with Gasteiger partial charge in [0.1, 0.15) is 0 Å². The molecule has 1 aliphatic rings. The van der Waals surface area contributed by atoms with E-state index in [2.05, 4.69) is 16.7 Å².